The predicted octanol–water partition coefficient (Wildman–Crippen LogP) is 3.15. The van der Waals surface area contributed by atoms with Gasteiger partial charge in [0.25, 0.3) is 0 Å². The Balaban J connectivity index is 1.94. The first kappa shape index (κ1) is 17.9. The van der Waals surface area contributed by atoms with E-state index >= 15 is 0 Å². The van der Waals surface area contributed by atoms with E-state index in [1.54, 1.807) is 25.3 Å². The zero-order valence-electron chi connectivity index (χ0n) is 14.7. The molecule has 2 unspecified atom stereocenters. The summed E-state index contributed by atoms with van der Waals surface area (Å²) in [4.78, 5) is 0.246. The highest BCUT2D eigenvalue weighted by Crippen LogP contribution is 2.33. The van der Waals surface area contributed by atoms with Crippen LogP contribution in [-0.4, -0.2) is 39.0 Å². The lowest BCUT2D eigenvalue weighted by Gasteiger charge is -2.38. The van der Waals surface area contributed by atoms with Crippen LogP contribution in [-0.2, 0) is 14.8 Å². The van der Waals surface area contributed by atoms with Crippen LogP contribution in [0.25, 0.3) is 0 Å². The third kappa shape index (κ3) is 3.42. The van der Waals surface area contributed by atoms with Gasteiger partial charge in [-0.15, -0.1) is 0 Å². The molecule has 2 aromatic carbocycles. The summed E-state index contributed by atoms with van der Waals surface area (Å²) < 4.78 is 39.0. The molecule has 5 nitrogen and oxygen atoms in total. The van der Waals surface area contributed by atoms with Crippen LogP contribution >= 0.6 is 0 Å². The van der Waals surface area contributed by atoms with Gasteiger partial charge in [0.1, 0.15) is 5.75 Å². The molecule has 1 aliphatic rings. The maximum absolute atomic E-state index is 13.2. The smallest absolute Gasteiger partial charge is 0.243 e. The number of benzene rings is 2. The van der Waals surface area contributed by atoms with E-state index in [9.17, 15) is 8.42 Å². The summed E-state index contributed by atoms with van der Waals surface area (Å²) in [5.41, 5.74) is 1.88. The second-order valence-corrected chi connectivity index (χ2v) is 8.08. The van der Waals surface area contributed by atoms with Crippen LogP contribution in [0.3, 0.4) is 0 Å². The van der Waals surface area contributed by atoms with Crippen molar-refractivity contribution in [3.05, 3.63) is 59.7 Å². The van der Waals surface area contributed by atoms with Crippen molar-refractivity contribution in [3.8, 4) is 5.75 Å². The van der Waals surface area contributed by atoms with Gasteiger partial charge in [0, 0.05) is 12.6 Å². The molecular formula is C19H23NO4S. The topological polar surface area (TPSA) is 55.8 Å². The van der Waals surface area contributed by atoms with E-state index in [1.807, 2.05) is 44.2 Å². The molecule has 1 saturated heterocycles. The minimum Gasteiger partial charge on any atom is -0.496 e. The molecule has 3 rings (SSSR count). The number of sulfonamides is 1. The predicted molar refractivity (Wildman–Crippen MR) is 96.2 cm³/mol. The van der Waals surface area contributed by atoms with Crippen LogP contribution in [0, 0.1) is 6.92 Å². The lowest BCUT2D eigenvalue weighted by Crippen LogP contribution is -2.48. The highest BCUT2D eigenvalue weighted by atomic mass is 32.2. The van der Waals surface area contributed by atoms with Crippen molar-refractivity contribution in [2.75, 3.05) is 20.3 Å². The van der Waals surface area contributed by atoms with Gasteiger partial charge in [-0.05, 0) is 31.0 Å². The average Bonchev–Trinajstić information content (AvgIpc) is 2.62. The molecule has 1 heterocycles. The minimum absolute atomic E-state index is 0.246. The summed E-state index contributed by atoms with van der Waals surface area (Å²) in [6, 6.07) is 14.4. The Morgan fingerprint density at radius 1 is 1.16 bits per heavy atom. The molecule has 6 heteroatoms. The van der Waals surface area contributed by atoms with Crippen LogP contribution in [0.5, 0.6) is 5.75 Å². The molecule has 1 fully saturated rings. The molecule has 0 spiro atoms. The fraction of sp³-hybridized carbons (Fsp3) is 0.368. The molecular weight excluding hydrogens is 338 g/mol. The lowest BCUT2D eigenvalue weighted by atomic mass is 10.0. The summed E-state index contributed by atoms with van der Waals surface area (Å²) in [6.07, 6.45) is -0.280. The summed E-state index contributed by atoms with van der Waals surface area (Å²) in [5, 5.41) is 0. The third-order valence-electron chi connectivity index (χ3n) is 4.62. The lowest BCUT2D eigenvalue weighted by molar-refractivity contribution is -0.0361. The van der Waals surface area contributed by atoms with Crippen LogP contribution in [0.1, 0.15) is 24.2 Å². The molecule has 2 atom stereocenters. The van der Waals surface area contributed by atoms with Gasteiger partial charge in [0.15, 0.2) is 0 Å². The quantitative estimate of drug-likeness (QED) is 0.839. The van der Waals surface area contributed by atoms with Crippen molar-refractivity contribution >= 4 is 10.0 Å². The highest BCUT2D eigenvalue weighted by Gasteiger charge is 2.38. The Labute approximate surface area is 149 Å². The van der Waals surface area contributed by atoms with Crippen molar-refractivity contribution < 1.29 is 17.9 Å². The number of ether oxygens (including phenoxy) is 2. The van der Waals surface area contributed by atoms with E-state index in [0.717, 1.165) is 11.1 Å². The third-order valence-corrected chi connectivity index (χ3v) is 6.60. The minimum atomic E-state index is -3.63. The number of methoxy groups -OCH3 is 1. The molecule has 1 aliphatic heterocycles. The zero-order chi connectivity index (χ0) is 18.0. The first-order chi connectivity index (χ1) is 11.9. The maximum atomic E-state index is 13.2. The van der Waals surface area contributed by atoms with E-state index in [0.29, 0.717) is 18.9 Å². The van der Waals surface area contributed by atoms with Crippen molar-refractivity contribution in [1.29, 1.82) is 0 Å². The summed E-state index contributed by atoms with van der Waals surface area (Å²) in [6.45, 7) is 4.48. The van der Waals surface area contributed by atoms with E-state index < -0.39 is 10.0 Å². The molecule has 134 valence electrons. The number of morpholine rings is 1. The number of hydrogen-bond donors (Lipinski definition) is 0. The molecule has 25 heavy (non-hydrogen) atoms. The van der Waals surface area contributed by atoms with Gasteiger partial charge < -0.3 is 9.47 Å². The van der Waals surface area contributed by atoms with Crippen molar-refractivity contribution in [3.63, 3.8) is 0 Å². The molecule has 0 saturated carbocycles. The van der Waals surface area contributed by atoms with Gasteiger partial charge in [-0.25, -0.2) is 8.42 Å². The second kappa shape index (κ2) is 7.15. The van der Waals surface area contributed by atoms with Crippen LogP contribution in [0.4, 0.5) is 0 Å². The van der Waals surface area contributed by atoms with Crippen molar-refractivity contribution in [2.45, 2.75) is 30.9 Å². The van der Waals surface area contributed by atoms with Gasteiger partial charge in [0.2, 0.25) is 10.0 Å². The molecule has 0 aliphatic carbocycles. The largest absolute Gasteiger partial charge is 0.496 e. The Morgan fingerprint density at radius 2 is 1.88 bits per heavy atom. The molecule has 2 aromatic rings. The number of nitrogens with zero attached hydrogens (tertiary/aromatic N) is 1. The van der Waals surface area contributed by atoms with Gasteiger partial charge in [0.05, 0.1) is 30.8 Å². The summed E-state index contributed by atoms with van der Waals surface area (Å²) in [5.74, 6) is 0.571. The first-order valence-corrected chi connectivity index (χ1v) is 9.72. The summed E-state index contributed by atoms with van der Waals surface area (Å²) in [7, 11) is -2.08. The van der Waals surface area contributed by atoms with Gasteiger partial charge in [-0.3, -0.25) is 0 Å². The molecule has 0 amide bonds. The maximum Gasteiger partial charge on any atom is 0.243 e. The zero-order valence-corrected chi connectivity index (χ0v) is 15.5. The van der Waals surface area contributed by atoms with Crippen LogP contribution in [0.15, 0.2) is 53.4 Å². The number of rotatable bonds is 4. The number of aryl methyl sites for hydroxylation is 1. The van der Waals surface area contributed by atoms with E-state index in [4.69, 9.17) is 9.47 Å². The molecule has 0 radical (unpaired) electrons. The van der Waals surface area contributed by atoms with E-state index in [1.165, 1.54) is 4.31 Å². The molecule has 0 aromatic heterocycles. The van der Waals surface area contributed by atoms with Crippen molar-refractivity contribution in [2.24, 2.45) is 0 Å². The first-order valence-electron chi connectivity index (χ1n) is 8.28. The Hall–Kier alpha value is -1.89. The highest BCUT2D eigenvalue weighted by molar-refractivity contribution is 7.89. The fourth-order valence-corrected chi connectivity index (χ4v) is 4.85. The van der Waals surface area contributed by atoms with Crippen LogP contribution < -0.4 is 4.74 Å². The van der Waals surface area contributed by atoms with Gasteiger partial charge in [-0.2, -0.15) is 4.31 Å². The van der Waals surface area contributed by atoms with Gasteiger partial charge >= 0.3 is 0 Å². The van der Waals surface area contributed by atoms with Crippen LogP contribution in [0.2, 0.25) is 0 Å². The van der Waals surface area contributed by atoms with E-state index in [2.05, 4.69) is 0 Å². The SMILES string of the molecule is COc1cc(S(=O)(=O)N2CCOC(c3ccccc3)C2C)ccc1C. The monoisotopic (exact) mass is 361 g/mol. The molecule has 0 bridgehead atoms. The van der Waals surface area contributed by atoms with Crippen molar-refractivity contribution in [1.82, 2.24) is 4.31 Å². The second-order valence-electron chi connectivity index (χ2n) is 6.19. The average molecular weight is 361 g/mol. The Bertz CT molecular complexity index is 836. The van der Waals surface area contributed by atoms with E-state index in [-0.39, 0.29) is 17.0 Å². The standard InChI is InChI=1S/C19H23NO4S/c1-14-9-10-17(13-18(14)23-3)25(21,22)20-11-12-24-19(15(20)2)16-7-5-4-6-8-16/h4-10,13,15,19H,11-12H2,1-3H3. The Morgan fingerprint density at radius 3 is 2.56 bits per heavy atom. The van der Waals surface area contributed by atoms with Gasteiger partial charge in [-0.1, -0.05) is 36.4 Å². The normalized spacial score (nSPS) is 21.9. The Kier molecular flexibility index (Phi) is 5.13. The number of hydrogen-bond acceptors (Lipinski definition) is 4. The summed E-state index contributed by atoms with van der Waals surface area (Å²) >= 11 is 0. The fourth-order valence-electron chi connectivity index (χ4n) is 3.22. The molecule has 0 N–H and O–H groups in total.